The Hall–Kier alpha value is -2.74. The van der Waals surface area contributed by atoms with E-state index in [1.165, 1.54) is 4.68 Å². The van der Waals surface area contributed by atoms with Crippen LogP contribution in [0.25, 0.3) is 5.69 Å². The maximum absolute atomic E-state index is 13.0. The molecule has 9 heteroatoms. The van der Waals surface area contributed by atoms with Crippen LogP contribution in [0.5, 0.6) is 0 Å². The van der Waals surface area contributed by atoms with Gasteiger partial charge in [0.1, 0.15) is 5.82 Å². The lowest BCUT2D eigenvalue weighted by Gasteiger charge is -2.14. The Balaban J connectivity index is 0.00000280. The summed E-state index contributed by atoms with van der Waals surface area (Å²) in [5.74, 6) is -1.41. The van der Waals surface area contributed by atoms with Crippen molar-refractivity contribution in [3.05, 3.63) is 76.3 Å². The number of carboxylic acid groups (broad SMARTS) is 1. The Bertz CT molecular complexity index is 1000. The van der Waals surface area contributed by atoms with Gasteiger partial charge in [-0.05, 0) is 32.3 Å². The molecule has 2 aromatic carbocycles. The highest BCUT2D eigenvalue weighted by atomic mass is 35.5. The molecule has 7 nitrogen and oxygen atoms in total. The average molecular weight is 421 g/mol. The molecule has 0 atom stereocenters. The summed E-state index contributed by atoms with van der Waals surface area (Å²) in [5.41, 5.74) is 1.23. The lowest BCUT2D eigenvalue weighted by Crippen LogP contribution is -2.17. The molecule has 0 saturated carbocycles. The smallest absolute Gasteiger partial charge is 0.375 e. The molecule has 1 N–H and O–H groups in total. The summed E-state index contributed by atoms with van der Waals surface area (Å²) in [6, 6.07) is 13.6. The van der Waals surface area contributed by atoms with Crippen molar-refractivity contribution in [3.63, 3.8) is 0 Å². The van der Waals surface area contributed by atoms with Crippen molar-refractivity contribution in [2.24, 2.45) is 0 Å². The molecule has 28 heavy (non-hydrogen) atoms. The zero-order valence-corrected chi connectivity index (χ0v) is 16.7. The third-order valence-corrected chi connectivity index (χ3v) is 4.03. The SMILES string of the molecule is CN(C)Cc1nc(C(=O)O)nn1-c1ccc(Cl)cc1C(=O)c1ccccc1.Cl. The second-order valence-corrected chi connectivity index (χ2v) is 6.60. The summed E-state index contributed by atoms with van der Waals surface area (Å²) in [4.78, 5) is 30.3. The van der Waals surface area contributed by atoms with Crippen LogP contribution in [-0.4, -0.2) is 50.6 Å². The fourth-order valence-corrected chi connectivity index (χ4v) is 2.81. The molecule has 0 fully saturated rings. The van der Waals surface area contributed by atoms with Crippen molar-refractivity contribution in [1.82, 2.24) is 19.7 Å². The Kier molecular flexibility index (Phi) is 6.90. The van der Waals surface area contributed by atoms with Gasteiger partial charge in [0.05, 0.1) is 12.2 Å². The molecular weight excluding hydrogens is 403 g/mol. The first kappa shape index (κ1) is 21.6. The van der Waals surface area contributed by atoms with Gasteiger partial charge in [-0.3, -0.25) is 4.79 Å². The number of hydrogen-bond donors (Lipinski definition) is 1. The number of aromatic carboxylic acids is 1. The number of nitrogens with zero attached hydrogens (tertiary/aromatic N) is 4. The number of aromatic nitrogens is 3. The molecule has 0 saturated heterocycles. The Morgan fingerprint density at radius 1 is 1.14 bits per heavy atom. The van der Waals surface area contributed by atoms with Crippen LogP contribution in [0.3, 0.4) is 0 Å². The van der Waals surface area contributed by atoms with Crippen LogP contribution in [0, 0.1) is 0 Å². The molecule has 0 radical (unpaired) electrons. The first-order valence-electron chi connectivity index (χ1n) is 8.10. The highest BCUT2D eigenvalue weighted by Gasteiger charge is 2.22. The summed E-state index contributed by atoms with van der Waals surface area (Å²) in [7, 11) is 3.66. The van der Waals surface area contributed by atoms with Gasteiger partial charge >= 0.3 is 5.97 Å². The Morgan fingerprint density at radius 2 is 1.82 bits per heavy atom. The van der Waals surface area contributed by atoms with Crippen molar-refractivity contribution in [1.29, 1.82) is 0 Å². The van der Waals surface area contributed by atoms with E-state index in [4.69, 9.17) is 11.6 Å². The number of ketones is 1. The lowest BCUT2D eigenvalue weighted by atomic mass is 10.0. The first-order valence-corrected chi connectivity index (χ1v) is 8.48. The van der Waals surface area contributed by atoms with Gasteiger partial charge in [0.15, 0.2) is 5.78 Å². The van der Waals surface area contributed by atoms with Crippen LogP contribution in [0.1, 0.15) is 32.4 Å². The second-order valence-electron chi connectivity index (χ2n) is 6.16. The zero-order chi connectivity index (χ0) is 19.6. The fourth-order valence-electron chi connectivity index (χ4n) is 2.63. The van der Waals surface area contributed by atoms with Crippen molar-refractivity contribution in [2.45, 2.75) is 6.54 Å². The van der Waals surface area contributed by atoms with Crippen LogP contribution in [-0.2, 0) is 6.54 Å². The summed E-state index contributed by atoms with van der Waals surface area (Å²) in [6.45, 7) is 0.349. The molecule has 0 aliphatic rings. The maximum Gasteiger partial charge on any atom is 0.375 e. The topological polar surface area (TPSA) is 88.3 Å². The number of hydrogen-bond acceptors (Lipinski definition) is 5. The van der Waals surface area contributed by atoms with Gasteiger partial charge in [-0.15, -0.1) is 17.5 Å². The first-order chi connectivity index (χ1) is 12.9. The molecule has 0 aliphatic carbocycles. The van der Waals surface area contributed by atoms with Crippen LogP contribution < -0.4 is 0 Å². The number of rotatable bonds is 6. The summed E-state index contributed by atoms with van der Waals surface area (Å²) in [5, 5.41) is 13.7. The number of carboxylic acids is 1. The van der Waals surface area contributed by atoms with Gasteiger partial charge in [-0.1, -0.05) is 41.9 Å². The van der Waals surface area contributed by atoms with Gasteiger partial charge in [0.25, 0.3) is 5.82 Å². The van der Waals surface area contributed by atoms with E-state index in [-0.39, 0.29) is 24.0 Å². The van der Waals surface area contributed by atoms with Crippen molar-refractivity contribution in [3.8, 4) is 5.69 Å². The van der Waals surface area contributed by atoms with E-state index < -0.39 is 5.97 Å². The van der Waals surface area contributed by atoms with Gasteiger partial charge in [-0.25, -0.2) is 14.5 Å². The van der Waals surface area contributed by atoms with Crippen LogP contribution in [0.4, 0.5) is 0 Å². The highest BCUT2D eigenvalue weighted by molar-refractivity contribution is 6.31. The Labute approximate surface area is 173 Å². The molecule has 0 bridgehead atoms. The van der Waals surface area contributed by atoms with Crippen molar-refractivity contribution in [2.75, 3.05) is 14.1 Å². The molecule has 3 aromatic rings. The molecule has 146 valence electrons. The molecule has 0 aliphatic heterocycles. The molecular formula is C19H18Cl2N4O3. The molecule has 0 unspecified atom stereocenters. The normalized spacial score (nSPS) is 10.6. The van der Waals surface area contributed by atoms with Gasteiger partial charge in [0, 0.05) is 16.1 Å². The molecule has 1 aromatic heterocycles. The van der Waals surface area contributed by atoms with Gasteiger partial charge in [0.2, 0.25) is 0 Å². The minimum atomic E-state index is -1.24. The summed E-state index contributed by atoms with van der Waals surface area (Å²) < 4.78 is 1.38. The van der Waals surface area contributed by atoms with E-state index in [1.807, 2.05) is 25.1 Å². The van der Waals surface area contributed by atoms with Crippen molar-refractivity contribution < 1.29 is 14.7 Å². The molecule has 0 spiro atoms. The number of carbonyl (C=O) groups is 2. The maximum atomic E-state index is 13.0. The number of benzene rings is 2. The monoisotopic (exact) mass is 420 g/mol. The molecule has 0 amide bonds. The molecule has 3 rings (SSSR count). The van der Waals surface area contributed by atoms with E-state index >= 15 is 0 Å². The molecule has 1 heterocycles. The third kappa shape index (κ3) is 4.56. The number of halogens is 2. The average Bonchev–Trinajstić information content (AvgIpc) is 3.05. The number of carbonyl (C=O) groups excluding carboxylic acids is 1. The quantitative estimate of drug-likeness (QED) is 0.615. The van der Waals surface area contributed by atoms with E-state index in [1.54, 1.807) is 42.5 Å². The van der Waals surface area contributed by atoms with Crippen LogP contribution >= 0.6 is 24.0 Å². The standard InChI is InChI=1S/C19H17ClN4O3.ClH/c1-23(2)11-16-21-18(19(26)27)22-24(16)15-9-8-13(20)10-14(15)17(25)12-6-4-3-5-7-12;/h3-10H,11H2,1-2H3,(H,26,27);1H. The zero-order valence-electron chi connectivity index (χ0n) is 15.2. The summed E-state index contributed by atoms with van der Waals surface area (Å²) >= 11 is 6.12. The summed E-state index contributed by atoms with van der Waals surface area (Å²) in [6.07, 6.45) is 0. The third-order valence-electron chi connectivity index (χ3n) is 3.79. The predicted octanol–water partition coefficient (Wildman–Crippen LogP) is 3.33. The highest BCUT2D eigenvalue weighted by Crippen LogP contribution is 2.24. The van der Waals surface area contributed by atoms with E-state index in [2.05, 4.69) is 10.1 Å². The largest absolute Gasteiger partial charge is 0.475 e. The van der Waals surface area contributed by atoms with E-state index in [0.29, 0.717) is 34.2 Å². The van der Waals surface area contributed by atoms with E-state index in [9.17, 15) is 14.7 Å². The van der Waals surface area contributed by atoms with Gasteiger partial charge in [-0.2, -0.15) is 0 Å². The lowest BCUT2D eigenvalue weighted by molar-refractivity contribution is 0.0683. The second kappa shape index (κ2) is 8.97. The fraction of sp³-hybridized carbons (Fsp3) is 0.158. The minimum Gasteiger partial charge on any atom is -0.475 e. The van der Waals surface area contributed by atoms with Gasteiger partial charge < -0.3 is 10.0 Å². The van der Waals surface area contributed by atoms with Crippen LogP contribution in [0.15, 0.2) is 48.5 Å². The predicted molar refractivity (Wildman–Crippen MR) is 108 cm³/mol. The van der Waals surface area contributed by atoms with E-state index in [0.717, 1.165) is 0 Å². The minimum absolute atomic E-state index is 0. The van der Waals surface area contributed by atoms with Crippen LogP contribution in [0.2, 0.25) is 5.02 Å². The van der Waals surface area contributed by atoms with Crippen molar-refractivity contribution >= 4 is 35.8 Å². The Morgan fingerprint density at radius 3 is 2.43 bits per heavy atom.